The Morgan fingerprint density at radius 3 is 3.00 bits per heavy atom. The van der Waals surface area contributed by atoms with Gasteiger partial charge in [0, 0.05) is 5.92 Å². The lowest BCUT2D eigenvalue weighted by Crippen LogP contribution is -2.31. The van der Waals surface area contributed by atoms with Crippen LogP contribution in [0.5, 0.6) is 0 Å². The van der Waals surface area contributed by atoms with Crippen LogP contribution in [-0.4, -0.2) is 5.91 Å². The number of hydrogen-bond donors (Lipinski definition) is 1. The highest BCUT2D eigenvalue weighted by Gasteiger charge is 2.24. The van der Waals surface area contributed by atoms with Crippen LogP contribution in [0.15, 0.2) is 24.3 Å². The van der Waals surface area contributed by atoms with Crippen LogP contribution in [-0.2, 0) is 11.2 Å². The molecule has 1 N–H and O–H groups in total. The Balaban J connectivity index is 2.00. The first-order chi connectivity index (χ1) is 8.22. The SMILES string of the molecule is CCCC(C)C(=O)N[C@@H]1CCc2ccccc21. The van der Waals surface area contributed by atoms with E-state index in [1.807, 2.05) is 6.92 Å². The van der Waals surface area contributed by atoms with Gasteiger partial charge in [0.2, 0.25) is 5.91 Å². The van der Waals surface area contributed by atoms with Crippen LogP contribution in [0.1, 0.15) is 50.3 Å². The number of hydrogen-bond acceptors (Lipinski definition) is 1. The van der Waals surface area contributed by atoms with Gasteiger partial charge in [-0.25, -0.2) is 0 Å². The van der Waals surface area contributed by atoms with Crippen molar-refractivity contribution in [2.75, 3.05) is 0 Å². The summed E-state index contributed by atoms with van der Waals surface area (Å²) in [5.74, 6) is 0.335. The molecule has 2 heteroatoms. The molecule has 0 aromatic heterocycles. The summed E-state index contributed by atoms with van der Waals surface area (Å²) in [6.45, 7) is 4.13. The third-order valence-corrected chi connectivity index (χ3v) is 3.62. The molecule has 2 atom stereocenters. The van der Waals surface area contributed by atoms with Gasteiger partial charge in [0.1, 0.15) is 0 Å². The molecule has 92 valence electrons. The zero-order valence-electron chi connectivity index (χ0n) is 10.7. The molecule has 0 fully saturated rings. The van der Waals surface area contributed by atoms with Crippen LogP contribution in [0.2, 0.25) is 0 Å². The summed E-state index contributed by atoms with van der Waals surface area (Å²) in [6.07, 6.45) is 4.17. The Kier molecular flexibility index (Phi) is 3.82. The smallest absolute Gasteiger partial charge is 0.223 e. The molecule has 1 aromatic carbocycles. The number of nitrogens with one attached hydrogen (secondary N) is 1. The Morgan fingerprint density at radius 1 is 1.47 bits per heavy atom. The highest BCUT2D eigenvalue weighted by Crippen LogP contribution is 2.30. The van der Waals surface area contributed by atoms with Gasteiger partial charge < -0.3 is 5.32 Å². The number of rotatable bonds is 4. The third-order valence-electron chi connectivity index (χ3n) is 3.62. The maximum Gasteiger partial charge on any atom is 0.223 e. The first-order valence-corrected chi connectivity index (χ1v) is 6.60. The zero-order chi connectivity index (χ0) is 12.3. The molecular formula is C15H21NO. The zero-order valence-corrected chi connectivity index (χ0v) is 10.7. The topological polar surface area (TPSA) is 29.1 Å². The van der Waals surface area contributed by atoms with Crippen molar-refractivity contribution in [1.29, 1.82) is 0 Å². The lowest BCUT2D eigenvalue weighted by atomic mass is 10.0. The molecule has 0 bridgehead atoms. The van der Waals surface area contributed by atoms with Gasteiger partial charge in [-0.1, -0.05) is 44.5 Å². The van der Waals surface area contributed by atoms with Crippen molar-refractivity contribution < 1.29 is 4.79 Å². The van der Waals surface area contributed by atoms with Gasteiger partial charge in [0.05, 0.1) is 6.04 Å². The number of carbonyl (C=O) groups is 1. The standard InChI is InChI=1S/C15H21NO/c1-3-6-11(2)15(17)16-14-10-9-12-7-4-5-8-13(12)14/h4-5,7-8,11,14H,3,6,9-10H2,1-2H3,(H,16,17)/t11?,14-/m1/s1. The first-order valence-electron chi connectivity index (χ1n) is 6.60. The normalized spacial score (nSPS) is 19.8. The van der Waals surface area contributed by atoms with E-state index in [2.05, 4.69) is 36.5 Å². The lowest BCUT2D eigenvalue weighted by Gasteiger charge is -2.17. The average Bonchev–Trinajstić information content (AvgIpc) is 2.73. The van der Waals surface area contributed by atoms with Gasteiger partial charge in [-0.3, -0.25) is 4.79 Å². The van der Waals surface area contributed by atoms with Crippen molar-refractivity contribution in [3.63, 3.8) is 0 Å². The van der Waals surface area contributed by atoms with Gasteiger partial charge in [0.25, 0.3) is 0 Å². The molecule has 0 saturated carbocycles. The van der Waals surface area contributed by atoms with E-state index in [4.69, 9.17) is 0 Å². The molecule has 0 aliphatic heterocycles. The fourth-order valence-corrected chi connectivity index (χ4v) is 2.59. The van der Waals surface area contributed by atoms with Crippen molar-refractivity contribution >= 4 is 5.91 Å². The minimum absolute atomic E-state index is 0.132. The molecule has 17 heavy (non-hydrogen) atoms. The molecular weight excluding hydrogens is 210 g/mol. The monoisotopic (exact) mass is 231 g/mol. The summed E-state index contributed by atoms with van der Waals surface area (Å²) in [4.78, 5) is 12.0. The number of aryl methyl sites for hydroxylation is 1. The van der Waals surface area contributed by atoms with E-state index in [1.54, 1.807) is 0 Å². The molecule has 0 spiro atoms. The van der Waals surface area contributed by atoms with E-state index < -0.39 is 0 Å². The Hall–Kier alpha value is -1.31. The summed E-state index contributed by atoms with van der Waals surface area (Å²) in [7, 11) is 0. The largest absolute Gasteiger partial charge is 0.349 e. The van der Waals surface area contributed by atoms with E-state index in [9.17, 15) is 4.79 Å². The van der Waals surface area contributed by atoms with Crippen molar-refractivity contribution in [2.24, 2.45) is 5.92 Å². The maximum atomic E-state index is 12.0. The van der Waals surface area contributed by atoms with E-state index >= 15 is 0 Å². The summed E-state index contributed by atoms with van der Waals surface area (Å²) >= 11 is 0. The Morgan fingerprint density at radius 2 is 2.24 bits per heavy atom. The number of amides is 1. The fourth-order valence-electron chi connectivity index (χ4n) is 2.59. The minimum atomic E-state index is 0.132. The predicted molar refractivity (Wildman–Crippen MR) is 69.7 cm³/mol. The summed E-state index contributed by atoms with van der Waals surface area (Å²) < 4.78 is 0. The third kappa shape index (κ3) is 2.68. The quantitative estimate of drug-likeness (QED) is 0.847. The highest BCUT2D eigenvalue weighted by atomic mass is 16.1. The molecule has 1 amide bonds. The average molecular weight is 231 g/mol. The van der Waals surface area contributed by atoms with Gasteiger partial charge >= 0.3 is 0 Å². The second kappa shape index (κ2) is 5.35. The number of fused-ring (bicyclic) bond motifs is 1. The van der Waals surface area contributed by atoms with Gasteiger partial charge in [-0.05, 0) is 30.4 Å². The van der Waals surface area contributed by atoms with Crippen LogP contribution >= 0.6 is 0 Å². The van der Waals surface area contributed by atoms with E-state index in [0.29, 0.717) is 0 Å². The molecule has 0 heterocycles. The number of benzene rings is 1. The summed E-state index contributed by atoms with van der Waals surface area (Å²) in [5.41, 5.74) is 2.70. The Bertz CT molecular complexity index is 400. The first kappa shape index (κ1) is 12.2. The molecule has 2 nitrogen and oxygen atoms in total. The van der Waals surface area contributed by atoms with Gasteiger partial charge in [-0.15, -0.1) is 0 Å². The van der Waals surface area contributed by atoms with Crippen LogP contribution in [0.25, 0.3) is 0 Å². The van der Waals surface area contributed by atoms with E-state index in [0.717, 1.165) is 25.7 Å². The summed E-state index contributed by atoms with van der Waals surface area (Å²) in [6, 6.07) is 8.66. The van der Waals surface area contributed by atoms with Crippen LogP contribution in [0, 0.1) is 5.92 Å². The van der Waals surface area contributed by atoms with Gasteiger partial charge in [-0.2, -0.15) is 0 Å². The second-order valence-corrected chi connectivity index (χ2v) is 4.99. The maximum absolute atomic E-state index is 12.0. The molecule has 1 aromatic rings. The van der Waals surface area contributed by atoms with E-state index in [-0.39, 0.29) is 17.9 Å². The van der Waals surface area contributed by atoms with Crippen LogP contribution < -0.4 is 5.32 Å². The molecule has 1 aliphatic rings. The van der Waals surface area contributed by atoms with Crippen molar-refractivity contribution in [2.45, 2.75) is 45.6 Å². The molecule has 1 unspecified atom stereocenters. The molecule has 0 saturated heterocycles. The fraction of sp³-hybridized carbons (Fsp3) is 0.533. The van der Waals surface area contributed by atoms with Crippen LogP contribution in [0.4, 0.5) is 0 Å². The van der Waals surface area contributed by atoms with Crippen molar-refractivity contribution in [1.82, 2.24) is 5.32 Å². The minimum Gasteiger partial charge on any atom is -0.349 e. The lowest BCUT2D eigenvalue weighted by molar-refractivity contribution is -0.125. The highest BCUT2D eigenvalue weighted by molar-refractivity contribution is 5.78. The molecule has 1 aliphatic carbocycles. The number of carbonyl (C=O) groups excluding carboxylic acids is 1. The van der Waals surface area contributed by atoms with Crippen LogP contribution in [0.3, 0.4) is 0 Å². The predicted octanol–water partition coefficient (Wildman–Crippen LogP) is 3.23. The molecule has 2 rings (SSSR count). The van der Waals surface area contributed by atoms with Gasteiger partial charge in [0.15, 0.2) is 0 Å². The second-order valence-electron chi connectivity index (χ2n) is 4.99. The Labute approximate surface area is 103 Å². The van der Waals surface area contributed by atoms with Crippen molar-refractivity contribution in [3.8, 4) is 0 Å². The van der Waals surface area contributed by atoms with Crippen molar-refractivity contribution in [3.05, 3.63) is 35.4 Å². The molecule has 0 radical (unpaired) electrons. The summed E-state index contributed by atoms with van der Waals surface area (Å²) in [5, 5.41) is 3.18. The van der Waals surface area contributed by atoms with E-state index in [1.165, 1.54) is 11.1 Å².